The highest BCUT2D eigenvalue weighted by Crippen LogP contribution is 2.40. The second-order valence-electron chi connectivity index (χ2n) is 6.89. The lowest BCUT2D eigenvalue weighted by molar-refractivity contribution is -0.384. The van der Waals surface area contributed by atoms with Gasteiger partial charge < -0.3 is 9.73 Å². The number of aromatic nitrogens is 2. The summed E-state index contributed by atoms with van der Waals surface area (Å²) in [5, 5.41) is 13.8. The Morgan fingerprint density at radius 1 is 1.29 bits per heavy atom. The number of nitro groups is 1. The standard InChI is InChI=1S/C21H17N5O5/c1-13-19(23-12-27)17(14-2-4-16(5-3-14)26(29)30)18(21(28)25-8-7-22-11-25)20(24-13)15-6-9-31-10-15/h2-12,17,19H,1H3,(H,23,27). The van der Waals surface area contributed by atoms with Crippen LogP contribution in [0.25, 0.3) is 5.70 Å². The molecule has 31 heavy (non-hydrogen) atoms. The summed E-state index contributed by atoms with van der Waals surface area (Å²) in [6.07, 6.45) is 7.88. The number of benzene rings is 1. The topological polar surface area (TPSA) is 133 Å². The van der Waals surface area contributed by atoms with Crippen LogP contribution in [0, 0.1) is 10.1 Å². The molecular weight excluding hydrogens is 402 g/mol. The Morgan fingerprint density at radius 3 is 2.65 bits per heavy atom. The molecule has 156 valence electrons. The zero-order chi connectivity index (χ0) is 22.0. The third kappa shape index (κ3) is 3.66. The maximum Gasteiger partial charge on any atom is 0.269 e. The van der Waals surface area contributed by atoms with Crippen molar-refractivity contribution in [2.45, 2.75) is 18.9 Å². The molecular formula is C21H17N5O5. The number of aliphatic imine (C=N–C) groups is 1. The van der Waals surface area contributed by atoms with Crippen LogP contribution in [0.3, 0.4) is 0 Å². The van der Waals surface area contributed by atoms with Gasteiger partial charge in [0.05, 0.1) is 34.8 Å². The molecule has 10 heteroatoms. The molecule has 0 spiro atoms. The van der Waals surface area contributed by atoms with Crippen molar-refractivity contribution in [3.63, 3.8) is 0 Å². The van der Waals surface area contributed by atoms with E-state index in [1.165, 1.54) is 47.9 Å². The number of nitrogens with zero attached hydrogens (tertiary/aromatic N) is 4. The Kier molecular flexibility index (Phi) is 5.27. The first-order valence-electron chi connectivity index (χ1n) is 9.30. The Bertz CT molecular complexity index is 1180. The van der Waals surface area contributed by atoms with Crippen LogP contribution in [0.2, 0.25) is 0 Å². The average molecular weight is 419 g/mol. The first-order chi connectivity index (χ1) is 15.0. The van der Waals surface area contributed by atoms with Gasteiger partial charge in [0.1, 0.15) is 6.33 Å². The summed E-state index contributed by atoms with van der Waals surface area (Å²) in [6, 6.07) is 6.95. The van der Waals surface area contributed by atoms with Crippen LogP contribution in [-0.4, -0.2) is 38.5 Å². The summed E-state index contributed by atoms with van der Waals surface area (Å²) in [5.74, 6) is -1.03. The fourth-order valence-electron chi connectivity index (χ4n) is 3.69. The molecule has 1 aliphatic rings. The van der Waals surface area contributed by atoms with Crippen molar-refractivity contribution >= 4 is 29.4 Å². The molecule has 4 rings (SSSR count). The second-order valence-corrected chi connectivity index (χ2v) is 6.89. The molecule has 0 radical (unpaired) electrons. The lowest BCUT2D eigenvalue weighted by Gasteiger charge is -2.33. The van der Waals surface area contributed by atoms with Crippen LogP contribution in [-0.2, 0) is 4.79 Å². The Labute approximate surface area is 176 Å². The zero-order valence-electron chi connectivity index (χ0n) is 16.3. The molecule has 3 aromatic rings. The maximum atomic E-state index is 13.5. The van der Waals surface area contributed by atoms with Crippen molar-refractivity contribution < 1.29 is 18.9 Å². The van der Waals surface area contributed by atoms with Gasteiger partial charge in [0.25, 0.3) is 11.6 Å². The molecule has 2 aromatic heterocycles. The summed E-state index contributed by atoms with van der Waals surface area (Å²) < 4.78 is 6.52. The molecule has 10 nitrogen and oxygen atoms in total. The van der Waals surface area contributed by atoms with Crippen LogP contribution in [0.4, 0.5) is 5.69 Å². The fourth-order valence-corrected chi connectivity index (χ4v) is 3.69. The Hall–Kier alpha value is -4.34. The number of hydrogen-bond donors (Lipinski definition) is 1. The SMILES string of the molecule is CC1=NC(c2ccoc2)=C(C(=O)n2ccnc2)C(c2ccc([N+](=O)[O-])cc2)C1NC=O. The van der Waals surface area contributed by atoms with E-state index in [1.807, 2.05) is 0 Å². The van der Waals surface area contributed by atoms with Crippen molar-refractivity contribution in [2.24, 2.45) is 4.99 Å². The van der Waals surface area contributed by atoms with Gasteiger partial charge >= 0.3 is 0 Å². The van der Waals surface area contributed by atoms with Gasteiger partial charge in [-0.05, 0) is 18.6 Å². The van der Waals surface area contributed by atoms with E-state index in [1.54, 1.807) is 25.1 Å². The summed E-state index contributed by atoms with van der Waals surface area (Å²) in [6.45, 7) is 1.75. The third-order valence-corrected chi connectivity index (χ3v) is 5.11. The summed E-state index contributed by atoms with van der Waals surface area (Å²) >= 11 is 0. The highest BCUT2D eigenvalue weighted by molar-refractivity contribution is 6.09. The van der Waals surface area contributed by atoms with Crippen molar-refractivity contribution in [1.29, 1.82) is 0 Å². The number of hydrogen-bond acceptors (Lipinski definition) is 7. The van der Waals surface area contributed by atoms with Crippen LogP contribution in [0.1, 0.15) is 28.8 Å². The first kappa shape index (κ1) is 20.0. The van der Waals surface area contributed by atoms with Gasteiger partial charge in [-0.15, -0.1) is 0 Å². The zero-order valence-corrected chi connectivity index (χ0v) is 16.3. The van der Waals surface area contributed by atoms with Crippen LogP contribution in [0.5, 0.6) is 0 Å². The molecule has 1 aromatic carbocycles. The van der Waals surface area contributed by atoms with Crippen molar-refractivity contribution in [3.05, 3.63) is 88.4 Å². The van der Waals surface area contributed by atoms with Crippen molar-refractivity contribution in [3.8, 4) is 0 Å². The predicted octanol–water partition coefficient (Wildman–Crippen LogP) is 2.81. The Morgan fingerprint density at radius 2 is 2.06 bits per heavy atom. The highest BCUT2D eigenvalue weighted by atomic mass is 16.6. The number of rotatable bonds is 6. The number of carbonyl (C=O) groups is 2. The monoisotopic (exact) mass is 419 g/mol. The summed E-state index contributed by atoms with van der Waals surface area (Å²) in [7, 11) is 0. The van der Waals surface area contributed by atoms with E-state index >= 15 is 0 Å². The molecule has 1 aliphatic heterocycles. The first-order valence-corrected chi connectivity index (χ1v) is 9.30. The fraction of sp³-hybridized carbons (Fsp3) is 0.143. The van der Waals surface area contributed by atoms with Gasteiger partial charge in [-0.2, -0.15) is 0 Å². The predicted molar refractivity (Wildman–Crippen MR) is 110 cm³/mol. The third-order valence-electron chi connectivity index (χ3n) is 5.11. The summed E-state index contributed by atoms with van der Waals surface area (Å²) in [5.41, 5.74) is 2.42. The molecule has 0 bridgehead atoms. The molecule has 1 amide bonds. The number of non-ortho nitro benzene ring substituents is 1. The smallest absolute Gasteiger partial charge is 0.269 e. The molecule has 3 heterocycles. The molecule has 2 atom stereocenters. The maximum absolute atomic E-state index is 13.5. The van der Waals surface area contributed by atoms with E-state index in [2.05, 4.69) is 15.3 Å². The van der Waals surface area contributed by atoms with Gasteiger partial charge in [0.15, 0.2) is 0 Å². The normalized spacial score (nSPS) is 18.4. The number of furan rings is 1. The van der Waals surface area contributed by atoms with Gasteiger partial charge in [0, 0.05) is 41.7 Å². The summed E-state index contributed by atoms with van der Waals surface area (Å²) in [4.78, 5) is 44.0. The largest absolute Gasteiger partial charge is 0.472 e. The molecule has 0 fully saturated rings. The molecule has 0 saturated heterocycles. The minimum atomic E-state index is -0.650. The van der Waals surface area contributed by atoms with Crippen molar-refractivity contribution in [1.82, 2.24) is 14.9 Å². The lowest BCUT2D eigenvalue weighted by atomic mass is 9.78. The molecule has 0 saturated carbocycles. The number of nitro benzene ring substituents is 1. The highest BCUT2D eigenvalue weighted by Gasteiger charge is 2.39. The number of imidazole rings is 1. The van der Waals surface area contributed by atoms with Crippen LogP contribution < -0.4 is 5.32 Å². The van der Waals surface area contributed by atoms with Gasteiger partial charge in [-0.25, -0.2) is 4.98 Å². The van der Waals surface area contributed by atoms with Gasteiger partial charge in [-0.3, -0.25) is 29.3 Å². The van der Waals surface area contributed by atoms with Crippen LogP contribution in [0.15, 0.2) is 76.6 Å². The van der Waals surface area contributed by atoms with E-state index in [9.17, 15) is 19.7 Å². The quantitative estimate of drug-likeness (QED) is 0.371. The van der Waals surface area contributed by atoms with Gasteiger partial charge in [-0.1, -0.05) is 12.1 Å². The minimum absolute atomic E-state index is 0.0774. The van der Waals surface area contributed by atoms with E-state index in [4.69, 9.17) is 4.42 Å². The van der Waals surface area contributed by atoms with Gasteiger partial charge in [0.2, 0.25) is 6.41 Å². The second kappa shape index (κ2) is 8.19. The van der Waals surface area contributed by atoms with E-state index in [0.29, 0.717) is 34.5 Å². The molecule has 2 unspecified atom stereocenters. The van der Waals surface area contributed by atoms with E-state index in [-0.39, 0.29) is 11.6 Å². The lowest BCUT2D eigenvalue weighted by Crippen LogP contribution is -2.44. The minimum Gasteiger partial charge on any atom is -0.472 e. The van der Waals surface area contributed by atoms with Crippen LogP contribution >= 0.6 is 0 Å². The van der Waals surface area contributed by atoms with E-state index < -0.39 is 16.9 Å². The number of amides is 1. The Balaban J connectivity index is 1.95. The number of carbonyl (C=O) groups excluding carboxylic acids is 2. The molecule has 0 aliphatic carbocycles. The number of nitrogens with one attached hydrogen (secondary N) is 1. The average Bonchev–Trinajstić information content (AvgIpc) is 3.49. The van der Waals surface area contributed by atoms with Crippen molar-refractivity contribution in [2.75, 3.05) is 0 Å². The van der Waals surface area contributed by atoms with E-state index in [0.717, 1.165) is 0 Å². The molecule has 1 N–H and O–H groups in total.